The van der Waals surface area contributed by atoms with Crippen molar-refractivity contribution in [3.8, 4) is 11.5 Å². The molecule has 2 aromatic carbocycles. The lowest BCUT2D eigenvalue weighted by Gasteiger charge is -2.07. The molecule has 0 aliphatic carbocycles. The van der Waals surface area contributed by atoms with Crippen LogP contribution in [0.4, 0.5) is 5.69 Å². The highest BCUT2D eigenvalue weighted by molar-refractivity contribution is 7.80. The molecule has 0 atom stereocenters. The molecule has 2 N–H and O–H groups in total. The van der Waals surface area contributed by atoms with Gasteiger partial charge in [0.25, 0.3) is 0 Å². The Kier molecular flexibility index (Phi) is 3.27. The molecular formula is C12H10ClNOS. The van der Waals surface area contributed by atoms with Gasteiger partial charge < -0.3 is 10.5 Å². The van der Waals surface area contributed by atoms with Crippen molar-refractivity contribution in [3.63, 3.8) is 0 Å². The Morgan fingerprint density at radius 3 is 2.25 bits per heavy atom. The van der Waals surface area contributed by atoms with Gasteiger partial charge in [-0.1, -0.05) is 11.6 Å². The lowest BCUT2D eigenvalue weighted by atomic mass is 10.3. The molecule has 0 aromatic heterocycles. The molecule has 4 heteroatoms. The van der Waals surface area contributed by atoms with E-state index in [4.69, 9.17) is 22.1 Å². The van der Waals surface area contributed by atoms with Gasteiger partial charge in [0.1, 0.15) is 11.5 Å². The van der Waals surface area contributed by atoms with Crippen LogP contribution in [0.15, 0.2) is 47.4 Å². The van der Waals surface area contributed by atoms with E-state index in [1.54, 1.807) is 42.5 Å². The van der Waals surface area contributed by atoms with E-state index in [1.165, 1.54) is 0 Å². The minimum atomic E-state index is 0.631. The van der Waals surface area contributed by atoms with Crippen LogP contribution in [0.5, 0.6) is 11.5 Å². The average Bonchev–Trinajstić information content (AvgIpc) is 2.27. The summed E-state index contributed by atoms with van der Waals surface area (Å²) in [5.41, 5.74) is 6.28. The van der Waals surface area contributed by atoms with Gasteiger partial charge in [-0.05, 0) is 42.5 Å². The molecule has 2 nitrogen and oxygen atoms in total. The van der Waals surface area contributed by atoms with Crippen LogP contribution in [0.25, 0.3) is 0 Å². The van der Waals surface area contributed by atoms with Crippen molar-refractivity contribution in [2.24, 2.45) is 0 Å². The van der Waals surface area contributed by atoms with E-state index < -0.39 is 0 Å². The fourth-order valence-electron chi connectivity index (χ4n) is 1.23. The molecule has 2 rings (SSSR count). The van der Waals surface area contributed by atoms with E-state index >= 15 is 0 Å². The third kappa shape index (κ3) is 2.62. The highest BCUT2D eigenvalue weighted by Gasteiger charge is 2.00. The maximum absolute atomic E-state index is 5.78. The smallest absolute Gasteiger partial charge is 0.128 e. The Bertz CT molecular complexity index is 499. The monoisotopic (exact) mass is 251 g/mol. The van der Waals surface area contributed by atoms with Gasteiger partial charge in [0.05, 0.1) is 0 Å². The summed E-state index contributed by atoms with van der Waals surface area (Å²) in [7, 11) is 0. The first-order chi connectivity index (χ1) is 7.65. The summed E-state index contributed by atoms with van der Waals surface area (Å²) in [5, 5.41) is 0.680. The fourth-order valence-corrected chi connectivity index (χ4v) is 1.55. The SMILES string of the molecule is Nc1ccc(Oc2ccc(Cl)cc2)cc1S. The third-order valence-corrected chi connectivity index (χ3v) is 2.69. The molecule has 0 unspecified atom stereocenters. The fraction of sp³-hybridized carbons (Fsp3) is 0. The van der Waals surface area contributed by atoms with Crippen LogP contribution in [0.1, 0.15) is 0 Å². The number of halogens is 1. The number of hydrogen-bond donors (Lipinski definition) is 2. The predicted molar refractivity (Wildman–Crippen MR) is 69.6 cm³/mol. The van der Waals surface area contributed by atoms with E-state index in [2.05, 4.69) is 12.6 Å². The minimum absolute atomic E-state index is 0.631. The highest BCUT2D eigenvalue weighted by atomic mass is 35.5. The van der Waals surface area contributed by atoms with Crippen LogP contribution in [0.3, 0.4) is 0 Å². The molecule has 16 heavy (non-hydrogen) atoms. The second kappa shape index (κ2) is 4.68. The third-order valence-electron chi connectivity index (χ3n) is 2.05. The Labute approximate surface area is 104 Å². The molecule has 0 saturated heterocycles. The molecule has 0 saturated carbocycles. The maximum Gasteiger partial charge on any atom is 0.128 e. The maximum atomic E-state index is 5.78. The average molecular weight is 252 g/mol. The number of hydrogen-bond acceptors (Lipinski definition) is 3. The van der Waals surface area contributed by atoms with E-state index in [0.29, 0.717) is 21.4 Å². The van der Waals surface area contributed by atoms with Gasteiger partial charge in [-0.3, -0.25) is 0 Å². The first-order valence-electron chi connectivity index (χ1n) is 4.67. The summed E-state index contributed by atoms with van der Waals surface area (Å²) < 4.78 is 5.61. The zero-order valence-electron chi connectivity index (χ0n) is 8.35. The van der Waals surface area contributed by atoms with Crippen molar-refractivity contribution in [1.82, 2.24) is 0 Å². The topological polar surface area (TPSA) is 35.2 Å². The van der Waals surface area contributed by atoms with Gasteiger partial charge in [0.2, 0.25) is 0 Å². The lowest BCUT2D eigenvalue weighted by molar-refractivity contribution is 0.481. The van der Waals surface area contributed by atoms with Gasteiger partial charge in [-0.15, -0.1) is 12.6 Å². The molecule has 0 aliphatic rings. The highest BCUT2D eigenvalue weighted by Crippen LogP contribution is 2.27. The molecule has 2 aromatic rings. The van der Waals surface area contributed by atoms with Crippen molar-refractivity contribution in [1.29, 1.82) is 0 Å². The molecular weight excluding hydrogens is 242 g/mol. The minimum Gasteiger partial charge on any atom is -0.457 e. The van der Waals surface area contributed by atoms with Gasteiger partial charge in [-0.25, -0.2) is 0 Å². The second-order valence-corrected chi connectivity index (χ2v) is 4.19. The molecule has 0 fully saturated rings. The summed E-state index contributed by atoms with van der Waals surface area (Å²) in [6.45, 7) is 0. The van der Waals surface area contributed by atoms with Gasteiger partial charge in [-0.2, -0.15) is 0 Å². The van der Waals surface area contributed by atoms with Gasteiger partial charge in [0.15, 0.2) is 0 Å². The van der Waals surface area contributed by atoms with Crippen molar-refractivity contribution in [2.45, 2.75) is 4.90 Å². The predicted octanol–water partition coefficient (Wildman–Crippen LogP) is 4.00. The van der Waals surface area contributed by atoms with Crippen LogP contribution in [-0.4, -0.2) is 0 Å². The van der Waals surface area contributed by atoms with Crippen LogP contribution in [-0.2, 0) is 0 Å². The summed E-state index contributed by atoms with van der Waals surface area (Å²) in [6, 6.07) is 12.5. The van der Waals surface area contributed by atoms with Crippen molar-refractivity contribution >= 4 is 29.9 Å². The standard InChI is InChI=1S/C12H10ClNOS/c13-8-1-3-9(4-2-8)15-10-5-6-11(14)12(16)7-10/h1-7,16H,14H2. The summed E-state index contributed by atoms with van der Waals surface area (Å²) in [6.07, 6.45) is 0. The number of rotatable bonds is 2. The first-order valence-corrected chi connectivity index (χ1v) is 5.49. The zero-order chi connectivity index (χ0) is 11.5. The number of nitrogen functional groups attached to an aromatic ring is 1. The van der Waals surface area contributed by atoms with E-state index in [0.717, 1.165) is 5.75 Å². The summed E-state index contributed by atoms with van der Waals surface area (Å²) in [5.74, 6) is 1.42. The molecule has 0 radical (unpaired) electrons. The van der Waals surface area contributed by atoms with Crippen LogP contribution >= 0.6 is 24.2 Å². The zero-order valence-corrected chi connectivity index (χ0v) is 10.0. The van der Waals surface area contributed by atoms with E-state index in [1.807, 2.05) is 0 Å². The molecule has 0 spiro atoms. The lowest BCUT2D eigenvalue weighted by Crippen LogP contribution is -1.88. The Hall–Kier alpha value is -1.32. The second-order valence-electron chi connectivity index (χ2n) is 3.28. The Morgan fingerprint density at radius 1 is 1.00 bits per heavy atom. The van der Waals surface area contributed by atoms with Crippen molar-refractivity contribution in [3.05, 3.63) is 47.5 Å². The molecule has 0 heterocycles. The summed E-state index contributed by atoms with van der Waals surface area (Å²) >= 11 is 10.0. The van der Waals surface area contributed by atoms with Crippen molar-refractivity contribution in [2.75, 3.05) is 5.73 Å². The van der Waals surface area contributed by atoms with Crippen LogP contribution < -0.4 is 10.5 Å². The quantitative estimate of drug-likeness (QED) is 0.625. The van der Waals surface area contributed by atoms with Crippen LogP contribution in [0.2, 0.25) is 5.02 Å². The van der Waals surface area contributed by atoms with E-state index in [-0.39, 0.29) is 0 Å². The van der Waals surface area contributed by atoms with Gasteiger partial charge in [0, 0.05) is 15.6 Å². The van der Waals surface area contributed by atoms with Crippen molar-refractivity contribution < 1.29 is 4.74 Å². The summed E-state index contributed by atoms with van der Waals surface area (Å²) in [4.78, 5) is 0.700. The first kappa shape index (κ1) is 11.2. The number of nitrogens with two attached hydrogens (primary N) is 1. The van der Waals surface area contributed by atoms with Gasteiger partial charge >= 0.3 is 0 Å². The Balaban J connectivity index is 2.20. The molecule has 0 aliphatic heterocycles. The number of thiol groups is 1. The number of anilines is 1. The number of benzene rings is 2. The van der Waals surface area contributed by atoms with Crippen LogP contribution in [0, 0.1) is 0 Å². The van der Waals surface area contributed by atoms with E-state index in [9.17, 15) is 0 Å². The molecule has 0 bridgehead atoms. The molecule has 82 valence electrons. The molecule has 0 amide bonds. The number of ether oxygens (including phenoxy) is 1. The Morgan fingerprint density at radius 2 is 1.62 bits per heavy atom. The normalized spacial score (nSPS) is 10.1. The largest absolute Gasteiger partial charge is 0.457 e.